The maximum absolute atomic E-state index is 4.87. The SMILES string of the molecule is CCNC(=NCC(c1ccccc1)N1CCCC1)NC1CC1.I. The van der Waals surface area contributed by atoms with Crippen LogP contribution in [0.25, 0.3) is 0 Å². The molecule has 2 fully saturated rings. The Kier molecular flexibility index (Phi) is 7.62. The summed E-state index contributed by atoms with van der Waals surface area (Å²) in [5, 5.41) is 6.88. The van der Waals surface area contributed by atoms with Gasteiger partial charge in [0.05, 0.1) is 12.6 Å². The van der Waals surface area contributed by atoms with E-state index in [-0.39, 0.29) is 24.0 Å². The van der Waals surface area contributed by atoms with Gasteiger partial charge in [0.25, 0.3) is 0 Å². The molecule has 23 heavy (non-hydrogen) atoms. The van der Waals surface area contributed by atoms with Crippen LogP contribution < -0.4 is 10.6 Å². The molecule has 5 heteroatoms. The Balaban J connectivity index is 0.00000192. The second kappa shape index (κ2) is 9.47. The average molecular weight is 428 g/mol. The highest BCUT2D eigenvalue weighted by Gasteiger charge is 2.25. The average Bonchev–Trinajstić information content (AvgIpc) is 3.20. The van der Waals surface area contributed by atoms with E-state index in [0.29, 0.717) is 12.1 Å². The zero-order valence-electron chi connectivity index (χ0n) is 14.0. The van der Waals surface area contributed by atoms with Crippen molar-refractivity contribution in [3.05, 3.63) is 35.9 Å². The fourth-order valence-electron chi connectivity index (χ4n) is 3.08. The van der Waals surface area contributed by atoms with Crippen LogP contribution in [0.15, 0.2) is 35.3 Å². The van der Waals surface area contributed by atoms with Crippen molar-refractivity contribution in [1.82, 2.24) is 15.5 Å². The number of nitrogens with zero attached hydrogens (tertiary/aromatic N) is 2. The maximum atomic E-state index is 4.87. The summed E-state index contributed by atoms with van der Waals surface area (Å²) < 4.78 is 0. The van der Waals surface area contributed by atoms with Crippen molar-refractivity contribution >= 4 is 29.9 Å². The van der Waals surface area contributed by atoms with Crippen LogP contribution in [0.4, 0.5) is 0 Å². The zero-order valence-corrected chi connectivity index (χ0v) is 16.3. The Labute approximate surface area is 157 Å². The third-order valence-corrected chi connectivity index (χ3v) is 4.45. The predicted octanol–water partition coefficient (Wildman–Crippen LogP) is 3.16. The van der Waals surface area contributed by atoms with Gasteiger partial charge >= 0.3 is 0 Å². The molecular formula is C18H29IN4. The Morgan fingerprint density at radius 2 is 1.91 bits per heavy atom. The highest BCUT2D eigenvalue weighted by molar-refractivity contribution is 14.0. The quantitative estimate of drug-likeness (QED) is 0.416. The molecule has 2 N–H and O–H groups in total. The van der Waals surface area contributed by atoms with Gasteiger partial charge in [-0.15, -0.1) is 24.0 Å². The zero-order chi connectivity index (χ0) is 15.2. The van der Waals surface area contributed by atoms with Crippen molar-refractivity contribution in [2.24, 2.45) is 4.99 Å². The van der Waals surface area contributed by atoms with Crippen molar-refractivity contribution in [2.75, 3.05) is 26.2 Å². The molecule has 1 aliphatic carbocycles. The minimum absolute atomic E-state index is 0. The van der Waals surface area contributed by atoms with Crippen molar-refractivity contribution in [3.8, 4) is 0 Å². The molecule has 1 unspecified atom stereocenters. The summed E-state index contributed by atoms with van der Waals surface area (Å²) in [6, 6.07) is 11.9. The normalized spacial score (nSPS) is 20.0. The van der Waals surface area contributed by atoms with Crippen LogP contribution in [-0.4, -0.2) is 43.1 Å². The second-order valence-corrected chi connectivity index (χ2v) is 6.31. The number of benzene rings is 1. The van der Waals surface area contributed by atoms with Crippen LogP contribution in [0.1, 0.15) is 44.2 Å². The summed E-state index contributed by atoms with van der Waals surface area (Å²) >= 11 is 0. The number of aliphatic imine (C=N–C) groups is 1. The van der Waals surface area contributed by atoms with Crippen LogP contribution in [0, 0.1) is 0 Å². The molecule has 3 rings (SSSR count). The van der Waals surface area contributed by atoms with E-state index in [4.69, 9.17) is 4.99 Å². The molecule has 0 bridgehead atoms. The molecule has 128 valence electrons. The summed E-state index contributed by atoms with van der Waals surface area (Å²) in [4.78, 5) is 7.45. The largest absolute Gasteiger partial charge is 0.357 e. The molecule has 0 amide bonds. The molecule has 1 saturated carbocycles. The van der Waals surface area contributed by atoms with E-state index in [9.17, 15) is 0 Å². The molecule has 1 aromatic carbocycles. The number of nitrogens with one attached hydrogen (secondary N) is 2. The number of likely N-dealkylation sites (tertiary alicyclic amines) is 1. The van der Waals surface area contributed by atoms with Crippen LogP contribution in [-0.2, 0) is 0 Å². The third-order valence-electron chi connectivity index (χ3n) is 4.45. The summed E-state index contributed by atoms with van der Waals surface area (Å²) in [6.45, 7) is 6.26. The lowest BCUT2D eigenvalue weighted by Crippen LogP contribution is -2.39. The van der Waals surface area contributed by atoms with Crippen molar-refractivity contribution < 1.29 is 0 Å². The van der Waals surface area contributed by atoms with E-state index in [2.05, 4.69) is 52.8 Å². The molecule has 4 nitrogen and oxygen atoms in total. The number of guanidine groups is 1. The highest BCUT2D eigenvalue weighted by atomic mass is 127. The van der Waals surface area contributed by atoms with Crippen molar-refractivity contribution in [1.29, 1.82) is 0 Å². The lowest BCUT2D eigenvalue weighted by Gasteiger charge is -2.27. The minimum atomic E-state index is 0. The Bertz CT molecular complexity index is 481. The van der Waals surface area contributed by atoms with E-state index in [1.807, 2.05) is 0 Å². The molecule has 1 aliphatic heterocycles. The third kappa shape index (κ3) is 5.64. The van der Waals surface area contributed by atoms with E-state index in [0.717, 1.165) is 19.0 Å². The van der Waals surface area contributed by atoms with Gasteiger partial charge in [-0.1, -0.05) is 30.3 Å². The van der Waals surface area contributed by atoms with Gasteiger partial charge in [-0.25, -0.2) is 0 Å². The molecule has 0 radical (unpaired) electrons. The molecule has 1 saturated heterocycles. The van der Waals surface area contributed by atoms with Crippen LogP contribution >= 0.6 is 24.0 Å². The first kappa shape index (κ1) is 18.5. The molecule has 0 spiro atoms. The summed E-state index contributed by atoms with van der Waals surface area (Å²) in [7, 11) is 0. The van der Waals surface area contributed by atoms with Gasteiger partial charge in [-0.3, -0.25) is 9.89 Å². The highest BCUT2D eigenvalue weighted by Crippen LogP contribution is 2.25. The molecule has 0 aromatic heterocycles. The van der Waals surface area contributed by atoms with Gasteiger partial charge in [0.1, 0.15) is 0 Å². The molecule has 1 aromatic rings. The molecule has 2 aliphatic rings. The van der Waals surface area contributed by atoms with Gasteiger partial charge in [0, 0.05) is 12.6 Å². The second-order valence-electron chi connectivity index (χ2n) is 6.31. The van der Waals surface area contributed by atoms with Gasteiger partial charge in [-0.05, 0) is 51.3 Å². The van der Waals surface area contributed by atoms with E-state index >= 15 is 0 Å². The number of rotatable bonds is 6. The molecule has 1 heterocycles. The fourth-order valence-corrected chi connectivity index (χ4v) is 3.08. The number of hydrogen-bond acceptors (Lipinski definition) is 2. The Morgan fingerprint density at radius 1 is 1.22 bits per heavy atom. The summed E-state index contributed by atoms with van der Waals surface area (Å²) in [5.74, 6) is 0.977. The molecular weight excluding hydrogens is 399 g/mol. The van der Waals surface area contributed by atoms with Gasteiger partial charge in [0.2, 0.25) is 0 Å². The first-order chi connectivity index (χ1) is 10.9. The first-order valence-corrected chi connectivity index (χ1v) is 8.70. The topological polar surface area (TPSA) is 39.7 Å². The fraction of sp³-hybridized carbons (Fsp3) is 0.611. The van der Waals surface area contributed by atoms with Crippen LogP contribution in [0.2, 0.25) is 0 Å². The van der Waals surface area contributed by atoms with Gasteiger partial charge < -0.3 is 10.6 Å². The van der Waals surface area contributed by atoms with Crippen molar-refractivity contribution in [3.63, 3.8) is 0 Å². The van der Waals surface area contributed by atoms with Gasteiger partial charge in [-0.2, -0.15) is 0 Å². The lowest BCUT2D eigenvalue weighted by atomic mass is 10.1. The standard InChI is InChI=1S/C18H28N4.HI/c1-2-19-18(21-16-10-11-16)20-14-17(22-12-6-7-13-22)15-8-4-3-5-9-15;/h3-5,8-9,16-17H,2,6-7,10-14H2,1H3,(H2,19,20,21);1H. The van der Waals surface area contributed by atoms with E-state index in [1.54, 1.807) is 0 Å². The van der Waals surface area contributed by atoms with Gasteiger partial charge in [0.15, 0.2) is 5.96 Å². The Hall–Kier alpha value is -0.820. The summed E-state index contributed by atoms with van der Waals surface area (Å²) in [6.07, 6.45) is 5.18. The summed E-state index contributed by atoms with van der Waals surface area (Å²) in [5.41, 5.74) is 1.38. The number of halogens is 1. The van der Waals surface area contributed by atoms with Crippen LogP contribution in [0.5, 0.6) is 0 Å². The first-order valence-electron chi connectivity index (χ1n) is 8.70. The van der Waals surface area contributed by atoms with E-state index < -0.39 is 0 Å². The smallest absolute Gasteiger partial charge is 0.191 e. The van der Waals surface area contributed by atoms with E-state index in [1.165, 1.54) is 44.3 Å². The monoisotopic (exact) mass is 428 g/mol. The minimum Gasteiger partial charge on any atom is -0.357 e. The molecule has 1 atom stereocenters. The predicted molar refractivity (Wildman–Crippen MR) is 108 cm³/mol. The maximum Gasteiger partial charge on any atom is 0.191 e. The lowest BCUT2D eigenvalue weighted by molar-refractivity contribution is 0.251. The van der Waals surface area contributed by atoms with Crippen LogP contribution in [0.3, 0.4) is 0 Å². The van der Waals surface area contributed by atoms with Crippen molar-refractivity contribution in [2.45, 2.75) is 44.7 Å². The number of hydrogen-bond donors (Lipinski definition) is 2. The Morgan fingerprint density at radius 3 is 2.52 bits per heavy atom.